The summed E-state index contributed by atoms with van der Waals surface area (Å²) in [6, 6.07) is 5.09. The van der Waals surface area contributed by atoms with Gasteiger partial charge < -0.3 is 10.6 Å². The molecule has 1 aliphatic rings. The van der Waals surface area contributed by atoms with E-state index in [4.69, 9.17) is 5.73 Å². The molecule has 0 aromatic carbocycles. The Morgan fingerprint density at radius 3 is 2.94 bits per heavy atom. The van der Waals surface area contributed by atoms with Gasteiger partial charge in [-0.25, -0.2) is 0 Å². The van der Waals surface area contributed by atoms with Crippen LogP contribution in [0.1, 0.15) is 30.6 Å². The van der Waals surface area contributed by atoms with E-state index in [1.165, 1.54) is 43.5 Å². The van der Waals surface area contributed by atoms with Gasteiger partial charge in [0, 0.05) is 17.5 Å². The van der Waals surface area contributed by atoms with Crippen LogP contribution in [0.25, 0.3) is 0 Å². The summed E-state index contributed by atoms with van der Waals surface area (Å²) in [5.74, 6) is 0.720. The van der Waals surface area contributed by atoms with Crippen molar-refractivity contribution in [2.24, 2.45) is 11.7 Å². The molecule has 96 valence electrons. The van der Waals surface area contributed by atoms with Gasteiger partial charge in [-0.05, 0) is 50.2 Å². The number of likely N-dealkylation sites (N-methyl/N-ethyl adjacent to an activating group) is 1. The van der Waals surface area contributed by atoms with Crippen LogP contribution < -0.4 is 5.73 Å². The van der Waals surface area contributed by atoms with E-state index in [-0.39, 0.29) is 0 Å². The fraction of sp³-hybridized carbons (Fsp3) is 0.714. The summed E-state index contributed by atoms with van der Waals surface area (Å²) < 4.78 is 0. The molecule has 0 radical (unpaired) electrons. The summed E-state index contributed by atoms with van der Waals surface area (Å²) in [5, 5.41) is 2.17. The van der Waals surface area contributed by atoms with Crippen LogP contribution in [0.4, 0.5) is 0 Å². The van der Waals surface area contributed by atoms with Gasteiger partial charge in [0.15, 0.2) is 0 Å². The van der Waals surface area contributed by atoms with E-state index >= 15 is 0 Å². The predicted molar refractivity (Wildman–Crippen MR) is 75.5 cm³/mol. The van der Waals surface area contributed by atoms with E-state index in [0.717, 1.165) is 12.5 Å². The monoisotopic (exact) mass is 252 g/mol. The molecule has 1 heterocycles. The van der Waals surface area contributed by atoms with Gasteiger partial charge in [0.1, 0.15) is 0 Å². The molecule has 1 aromatic rings. The Hall–Kier alpha value is -0.380. The van der Waals surface area contributed by atoms with Crippen molar-refractivity contribution in [1.29, 1.82) is 0 Å². The zero-order valence-electron chi connectivity index (χ0n) is 10.8. The van der Waals surface area contributed by atoms with Gasteiger partial charge in [-0.1, -0.05) is 18.9 Å². The first kappa shape index (κ1) is 13.1. The maximum Gasteiger partial charge on any atom is 0.0133 e. The minimum atomic E-state index is 0.716. The van der Waals surface area contributed by atoms with Crippen molar-refractivity contribution in [3.8, 4) is 0 Å². The Bertz CT molecular complexity index is 310. The summed E-state index contributed by atoms with van der Waals surface area (Å²) in [4.78, 5) is 4.04. The van der Waals surface area contributed by atoms with Crippen LogP contribution in [-0.4, -0.2) is 31.1 Å². The molecule has 0 aliphatic heterocycles. The average molecular weight is 252 g/mol. The smallest absolute Gasteiger partial charge is 0.0133 e. The second-order valence-electron chi connectivity index (χ2n) is 5.16. The first-order valence-corrected chi connectivity index (χ1v) is 7.62. The van der Waals surface area contributed by atoms with Crippen molar-refractivity contribution < 1.29 is 0 Å². The van der Waals surface area contributed by atoms with Crippen LogP contribution in [0.2, 0.25) is 0 Å². The number of thiophene rings is 1. The van der Waals surface area contributed by atoms with Crippen molar-refractivity contribution in [1.82, 2.24) is 4.90 Å². The SMILES string of the molecule is CN(CCc1cccs1)C1CCCCC1CN. The summed E-state index contributed by atoms with van der Waals surface area (Å²) >= 11 is 1.87. The van der Waals surface area contributed by atoms with Crippen LogP contribution in [0.15, 0.2) is 17.5 Å². The molecule has 3 heteroatoms. The van der Waals surface area contributed by atoms with E-state index in [1.807, 2.05) is 11.3 Å². The number of nitrogens with zero attached hydrogens (tertiary/aromatic N) is 1. The summed E-state index contributed by atoms with van der Waals surface area (Å²) in [6.07, 6.45) is 6.59. The summed E-state index contributed by atoms with van der Waals surface area (Å²) in [6.45, 7) is 2.02. The molecule has 0 amide bonds. The maximum atomic E-state index is 5.90. The quantitative estimate of drug-likeness (QED) is 0.873. The van der Waals surface area contributed by atoms with Crippen LogP contribution >= 0.6 is 11.3 Å². The highest BCUT2D eigenvalue weighted by atomic mass is 32.1. The van der Waals surface area contributed by atoms with Crippen molar-refractivity contribution in [3.05, 3.63) is 22.4 Å². The minimum Gasteiger partial charge on any atom is -0.330 e. The Kier molecular flexibility index (Phi) is 5.01. The largest absolute Gasteiger partial charge is 0.330 e. The second kappa shape index (κ2) is 6.53. The Balaban J connectivity index is 1.83. The van der Waals surface area contributed by atoms with E-state index in [0.29, 0.717) is 6.04 Å². The first-order valence-electron chi connectivity index (χ1n) is 6.74. The predicted octanol–water partition coefficient (Wildman–Crippen LogP) is 2.74. The van der Waals surface area contributed by atoms with Crippen molar-refractivity contribution in [2.75, 3.05) is 20.1 Å². The number of nitrogens with two attached hydrogens (primary N) is 1. The third kappa shape index (κ3) is 3.54. The standard InChI is InChI=1S/C14H24N2S/c1-16(9-8-13-6-4-10-17-13)14-7-3-2-5-12(14)11-15/h4,6,10,12,14H,2-3,5,7-9,11,15H2,1H3. The molecular weight excluding hydrogens is 228 g/mol. The molecule has 0 spiro atoms. The van der Waals surface area contributed by atoms with Crippen molar-refractivity contribution in [3.63, 3.8) is 0 Å². The average Bonchev–Trinajstić information content (AvgIpc) is 2.89. The molecule has 2 nitrogen and oxygen atoms in total. The van der Waals surface area contributed by atoms with Crippen molar-refractivity contribution >= 4 is 11.3 Å². The van der Waals surface area contributed by atoms with Gasteiger partial charge in [-0.3, -0.25) is 0 Å². The molecule has 2 unspecified atom stereocenters. The lowest BCUT2D eigenvalue weighted by molar-refractivity contribution is 0.135. The normalized spacial score (nSPS) is 25.4. The van der Waals surface area contributed by atoms with E-state index < -0.39 is 0 Å². The molecule has 2 atom stereocenters. The van der Waals surface area contributed by atoms with Gasteiger partial charge in [-0.2, -0.15) is 0 Å². The van der Waals surface area contributed by atoms with Crippen LogP contribution in [0.5, 0.6) is 0 Å². The summed E-state index contributed by atoms with van der Waals surface area (Å²) in [5.41, 5.74) is 5.90. The van der Waals surface area contributed by atoms with Gasteiger partial charge in [-0.15, -0.1) is 11.3 Å². The second-order valence-corrected chi connectivity index (χ2v) is 6.19. The lowest BCUT2D eigenvalue weighted by atomic mass is 9.83. The van der Waals surface area contributed by atoms with Gasteiger partial charge in [0.2, 0.25) is 0 Å². The first-order chi connectivity index (χ1) is 8.31. The molecule has 0 saturated heterocycles. The van der Waals surface area contributed by atoms with Gasteiger partial charge in [0.05, 0.1) is 0 Å². The highest BCUT2D eigenvalue weighted by molar-refractivity contribution is 7.09. The molecule has 1 aliphatic carbocycles. The van der Waals surface area contributed by atoms with Crippen LogP contribution in [-0.2, 0) is 6.42 Å². The zero-order chi connectivity index (χ0) is 12.1. The minimum absolute atomic E-state index is 0.716. The Morgan fingerprint density at radius 2 is 2.24 bits per heavy atom. The van der Waals surface area contributed by atoms with Crippen molar-refractivity contribution in [2.45, 2.75) is 38.1 Å². The lowest BCUT2D eigenvalue weighted by Crippen LogP contribution is -2.43. The molecule has 1 saturated carbocycles. The van der Waals surface area contributed by atoms with E-state index in [9.17, 15) is 0 Å². The lowest BCUT2D eigenvalue weighted by Gasteiger charge is -2.37. The topological polar surface area (TPSA) is 29.3 Å². The van der Waals surface area contributed by atoms with E-state index in [1.54, 1.807) is 0 Å². The molecule has 17 heavy (non-hydrogen) atoms. The molecule has 1 fully saturated rings. The molecule has 2 N–H and O–H groups in total. The van der Waals surface area contributed by atoms with Gasteiger partial charge >= 0.3 is 0 Å². The molecule has 0 bridgehead atoms. The van der Waals surface area contributed by atoms with Gasteiger partial charge in [0.25, 0.3) is 0 Å². The van der Waals surface area contributed by atoms with Crippen LogP contribution in [0.3, 0.4) is 0 Å². The zero-order valence-corrected chi connectivity index (χ0v) is 11.6. The number of rotatable bonds is 5. The highest BCUT2D eigenvalue weighted by Crippen LogP contribution is 2.27. The third-order valence-electron chi connectivity index (χ3n) is 4.03. The fourth-order valence-corrected chi connectivity index (χ4v) is 3.65. The Labute approximate surface area is 109 Å². The number of hydrogen-bond acceptors (Lipinski definition) is 3. The van der Waals surface area contributed by atoms with E-state index in [2.05, 4.69) is 29.5 Å². The Morgan fingerprint density at radius 1 is 1.41 bits per heavy atom. The molecule has 2 rings (SSSR count). The van der Waals surface area contributed by atoms with Crippen LogP contribution in [0, 0.1) is 5.92 Å². The fourth-order valence-electron chi connectivity index (χ4n) is 2.95. The third-order valence-corrected chi connectivity index (χ3v) is 4.97. The molecular formula is C14H24N2S. The maximum absolute atomic E-state index is 5.90. The number of hydrogen-bond donors (Lipinski definition) is 1. The summed E-state index contributed by atoms with van der Waals surface area (Å²) in [7, 11) is 2.27. The highest BCUT2D eigenvalue weighted by Gasteiger charge is 2.26. The molecule has 1 aromatic heterocycles.